The van der Waals surface area contributed by atoms with Crippen molar-refractivity contribution in [3.05, 3.63) is 30.5 Å². The van der Waals surface area contributed by atoms with Crippen molar-refractivity contribution in [2.75, 3.05) is 31.6 Å². The molecule has 3 heterocycles. The lowest BCUT2D eigenvalue weighted by molar-refractivity contribution is -0.0839. The third kappa shape index (κ3) is 3.37. The largest absolute Gasteiger partial charge is 0.375 e. The van der Waals surface area contributed by atoms with Gasteiger partial charge in [0, 0.05) is 31.6 Å². The summed E-state index contributed by atoms with van der Waals surface area (Å²) in [6, 6.07) is 8.07. The van der Waals surface area contributed by atoms with Crippen LogP contribution in [0.5, 0.6) is 0 Å². The SMILES string of the molecule is CCn1ccc2ccc(NC(=O)N3CCO[C@H]([C@@H]4CCCO4)C3)cc21. The number of aromatic nitrogens is 1. The second-order valence-electron chi connectivity index (χ2n) is 6.71. The maximum Gasteiger partial charge on any atom is 0.322 e. The Kier molecular flexibility index (Phi) is 4.63. The molecule has 1 aromatic heterocycles. The topological polar surface area (TPSA) is 55.7 Å². The number of anilines is 1. The number of fused-ring (bicyclic) bond motifs is 1. The van der Waals surface area contributed by atoms with Gasteiger partial charge in [-0.15, -0.1) is 0 Å². The van der Waals surface area contributed by atoms with Crippen molar-refractivity contribution in [3.63, 3.8) is 0 Å². The summed E-state index contributed by atoms with van der Waals surface area (Å²) in [5, 5.41) is 4.22. The zero-order valence-corrected chi connectivity index (χ0v) is 14.6. The Labute approximate surface area is 147 Å². The molecule has 2 atom stereocenters. The van der Waals surface area contributed by atoms with Crippen LogP contribution in [0.4, 0.5) is 10.5 Å². The molecule has 2 amide bonds. The van der Waals surface area contributed by atoms with Crippen molar-refractivity contribution in [2.45, 2.75) is 38.5 Å². The van der Waals surface area contributed by atoms with Gasteiger partial charge in [-0.1, -0.05) is 6.07 Å². The first kappa shape index (κ1) is 16.4. The van der Waals surface area contributed by atoms with Gasteiger partial charge in [0.2, 0.25) is 0 Å². The lowest BCUT2D eigenvalue weighted by atomic mass is 10.1. The second kappa shape index (κ2) is 7.06. The summed E-state index contributed by atoms with van der Waals surface area (Å²) in [6.07, 6.45) is 4.28. The summed E-state index contributed by atoms with van der Waals surface area (Å²) < 4.78 is 13.7. The molecular formula is C19H25N3O3. The zero-order valence-electron chi connectivity index (χ0n) is 14.6. The van der Waals surface area contributed by atoms with Crippen molar-refractivity contribution < 1.29 is 14.3 Å². The van der Waals surface area contributed by atoms with E-state index in [-0.39, 0.29) is 18.2 Å². The number of nitrogens with zero attached hydrogens (tertiary/aromatic N) is 2. The molecule has 2 aliphatic rings. The van der Waals surface area contributed by atoms with Crippen molar-refractivity contribution in [2.24, 2.45) is 0 Å². The van der Waals surface area contributed by atoms with Crippen LogP contribution in [0.3, 0.4) is 0 Å². The van der Waals surface area contributed by atoms with Gasteiger partial charge < -0.3 is 24.3 Å². The highest BCUT2D eigenvalue weighted by atomic mass is 16.5. The number of nitrogens with one attached hydrogen (secondary N) is 1. The lowest BCUT2D eigenvalue weighted by Gasteiger charge is -2.35. The first-order valence-electron chi connectivity index (χ1n) is 9.12. The van der Waals surface area contributed by atoms with E-state index >= 15 is 0 Å². The second-order valence-corrected chi connectivity index (χ2v) is 6.71. The molecule has 0 radical (unpaired) electrons. The average molecular weight is 343 g/mol. The molecule has 2 fully saturated rings. The quantitative estimate of drug-likeness (QED) is 0.932. The van der Waals surface area contributed by atoms with Gasteiger partial charge in [-0.05, 0) is 43.4 Å². The molecule has 4 rings (SSSR count). The highest BCUT2D eigenvalue weighted by Crippen LogP contribution is 2.23. The summed E-state index contributed by atoms with van der Waals surface area (Å²) in [4.78, 5) is 14.5. The monoisotopic (exact) mass is 343 g/mol. The number of morpholine rings is 1. The van der Waals surface area contributed by atoms with E-state index in [4.69, 9.17) is 9.47 Å². The molecule has 6 nitrogen and oxygen atoms in total. The minimum Gasteiger partial charge on any atom is -0.375 e. The summed E-state index contributed by atoms with van der Waals surface area (Å²) >= 11 is 0. The van der Waals surface area contributed by atoms with Crippen LogP contribution in [0.1, 0.15) is 19.8 Å². The molecule has 134 valence electrons. The summed E-state index contributed by atoms with van der Waals surface area (Å²) in [7, 11) is 0. The summed E-state index contributed by atoms with van der Waals surface area (Å²) in [5.74, 6) is 0. The van der Waals surface area contributed by atoms with E-state index in [9.17, 15) is 4.79 Å². The van der Waals surface area contributed by atoms with Crippen molar-refractivity contribution in [3.8, 4) is 0 Å². The highest BCUT2D eigenvalue weighted by Gasteiger charge is 2.32. The third-order valence-electron chi connectivity index (χ3n) is 5.13. The van der Waals surface area contributed by atoms with Crippen LogP contribution in [0.25, 0.3) is 10.9 Å². The van der Waals surface area contributed by atoms with Gasteiger partial charge in [0.15, 0.2) is 0 Å². The number of benzene rings is 1. The van der Waals surface area contributed by atoms with Crippen molar-refractivity contribution >= 4 is 22.6 Å². The molecule has 1 aromatic carbocycles. The maximum atomic E-state index is 12.7. The van der Waals surface area contributed by atoms with Gasteiger partial charge in [-0.2, -0.15) is 0 Å². The number of ether oxygens (including phenoxy) is 2. The normalized spacial score (nSPS) is 24.0. The molecule has 2 saturated heterocycles. The van der Waals surface area contributed by atoms with Crippen LogP contribution in [-0.2, 0) is 16.0 Å². The number of urea groups is 1. The minimum absolute atomic E-state index is 0.0122. The summed E-state index contributed by atoms with van der Waals surface area (Å²) in [5.41, 5.74) is 1.96. The first-order valence-corrected chi connectivity index (χ1v) is 9.12. The fourth-order valence-corrected chi connectivity index (χ4v) is 3.72. The molecule has 2 aliphatic heterocycles. The van der Waals surface area contributed by atoms with Crippen LogP contribution in [-0.4, -0.2) is 54.0 Å². The van der Waals surface area contributed by atoms with Gasteiger partial charge in [-0.3, -0.25) is 0 Å². The molecule has 0 aliphatic carbocycles. The van der Waals surface area contributed by atoms with Crippen LogP contribution >= 0.6 is 0 Å². The van der Waals surface area contributed by atoms with Crippen molar-refractivity contribution in [1.82, 2.24) is 9.47 Å². The number of rotatable bonds is 3. The number of carbonyl (C=O) groups is 1. The Morgan fingerprint density at radius 3 is 2.92 bits per heavy atom. The predicted molar refractivity (Wildman–Crippen MR) is 96.9 cm³/mol. The smallest absolute Gasteiger partial charge is 0.322 e. The van der Waals surface area contributed by atoms with Gasteiger partial charge in [-0.25, -0.2) is 4.79 Å². The van der Waals surface area contributed by atoms with E-state index < -0.39 is 0 Å². The standard InChI is InChI=1S/C19H25N3O3/c1-2-21-8-7-14-5-6-15(12-16(14)21)20-19(23)22-9-11-25-18(13-22)17-4-3-10-24-17/h5-8,12,17-18H,2-4,9-11,13H2,1H3,(H,20,23)/t17-,18-/m0/s1. The Bertz CT molecular complexity index is 751. The van der Waals surface area contributed by atoms with Crippen LogP contribution < -0.4 is 5.32 Å². The molecular weight excluding hydrogens is 318 g/mol. The molecule has 1 N–H and O–H groups in total. The van der Waals surface area contributed by atoms with E-state index in [1.165, 1.54) is 5.39 Å². The molecule has 0 unspecified atom stereocenters. The maximum absolute atomic E-state index is 12.7. The number of hydrogen-bond donors (Lipinski definition) is 1. The van der Waals surface area contributed by atoms with E-state index in [2.05, 4.69) is 29.1 Å². The van der Waals surface area contributed by atoms with Gasteiger partial charge in [0.05, 0.1) is 24.8 Å². The number of carbonyl (C=O) groups excluding carboxylic acids is 1. The van der Waals surface area contributed by atoms with E-state index in [0.29, 0.717) is 19.7 Å². The molecule has 0 bridgehead atoms. The molecule has 0 saturated carbocycles. The Balaban J connectivity index is 1.44. The Morgan fingerprint density at radius 1 is 1.24 bits per heavy atom. The predicted octanol–water partition coefficient (Wildman–Crippen LogP) is 3.07. The van der Waals surface area contributed by atoms with Crippen molar-refractivity contribution in [1.29, 1.82) is 0 Å². The average Bonchev–Trinajstić information content (AvgIpc) is 3.31. The molecule has 2 aromatic rings. The minimum atomic E-state index is -0.0692. The third-order valence-corrected chi connectivity index (χ3v) is 5.13. The van der Waals surface area contributed by atoms with Gasteiger partial charge >= 0.3 is 6.03 Å². The number of hydrogen-bond acceptors (Lipinski definition) is 3. The van der Waals surface area contributed by atoms with Gasteiger partial charge in [0.25, 0.3) is 0 Å². The molecule has 0 spiro atoms. The van der Waals surface area contributed by atoms with Crippen LogP contribution in [0.2, 0.25) is 0 Å². The highest BCUT2D eigenvalue weighted by molar-refractivity contribution is 5.93. The van der Waals surface area contributed by atoms with E-state index in [0.717, 1.165) is 37.2 Å². The lowest BCUT2D eigenvalue weighted by Crippen LogP contribution is -2.51. The Morgan fingerprint density at radius 2 is 2.12 bits per heavy atom. The summed E-state index contributed by atoms with van der Waals surface area (Å²) in [6.45, 7) is 5.59. The molecule has 25 heavy (non-hydrogen) atoms. The van der Waals surface area contributed by atoms with Crippen LogP contribution in [0.15, 0.2) is 30.5 Å². The van der Waals surface area contributed by atoms with E-state index in [1.807, 2.05) is 23.1 Å². The first-order chi connectivity index (χ1) is 12.2. The molecule has 6 heteroatoms. The fourth-order valence-electron chi connectivity index (χ4n) is 3.72. The number of aryl methyl sites for hydroxylation is 1. The Hall–Kier alpha value is -2.05. The van der Waals surface area contributed by atoms with E-state index in [1.54, 1.807) is 0 Å². The van der Waals surface area contributed by atoms with Gasteiger partial charge in [0.1, 0.15) is 6.10 Å². The zero-order chi connectivity index (χ0) is 17.2. The van der Waals surface area contributed by atoms with Crippen LogP contribution in [0, 0.1) is 0 Å². The fraction of sp³-hybridized carbons (Fsp3) is 0.526. The number of amides is 2.